The van der Waals surface area contributed by atoms with Crippen molar-refractivity contribution >= 4 is 17.8 Å². The van der Waals surface area contributed by atoms with Crippen molar-refractivity contribution in [2.75, 3.05) is 34.0 Å². The molecule has 0 aromatic rings. The summed E-state index contributed by atoms with van der Waals surface area (Å²) in [7, 11) is 5.72. The van der Waals surface area contributed by atoms with E-state index in [-0.39, 0.29) is 45.0 Å². The largest absolute Gasteiger partial charge is 2.00 e. The first-order valence-electron chi connectivity index (χ1n) is 11.1. The van der Waals surface area contributed by atoms with Crippen LogP contribution in [0.1, 0.15) is 55.3 Å². The maximum atomic E-state index is 11.0. The fourth-order valence-corrected chi connectivity index (χ4v) is 2.92. The van der Waals surface area contributed by atoms with Gasteiger partial charge in [0.25, 0.3) is 11.8 Å². The molecule has 0 bridgehead atoms. The molecule has 2 fully saturated rings. The summed E-state index contributed by atoms with van der Waals surface area (Å²) < 4.78 is 20.5. The number of methoxy groups -OCH3 is 1. The Morgan fingerprint density at radius 3 is 1.91 bits per heavy atom. The van der Waals surface area contributed by atoms with Crippen LogP contribution in [-0.2, 0) is 49.7 Å². The first kappa shape index (κ1) is 33.8. The molecule has 190 valence electrons. The van der Waals surface area contributed by atoms with Gasteiger partial charge in [-0.3, -0.25) is 14.5 Å². The van der Waals surface area contributed by atoms with Gasteiger partial charge in [0.15, 0.2) is 0 Å². The molecule has 3 heterocycles. The number of hydrogen-bond acceptors (Lipinski definition) is 7. The van der Waals surface area contributed by atoms with Crippen LogP contribution in [0.15, 0.2) is 23.3 Å². The molecule has 3 aliphatic heterocycles. The predicted octanol–water partition coefficient (Wildman–Crippen LogP) is 3.64. The topological polar surface area (TPSA) is 102 Å². The predicted molar refractivity (Wildman–Crippen MR) is 124 cm³/mol. The first-order chi connectivity index (χ1) is 15.5. The van der Waals surface area contributed by atoms with Crippen LogP contribution in [0.3, 0.4) is 0 Å². The fraction of sp³-hybridized carbons (Fsp3) is 0.625. The van der Waals surface area contributed by atoms with Crippen molar-refractivity contribution in [2.45, 2.75) is 60.0 Å². The van der Waals surface area contributed by atoms with E-state index in [0.29, 0.717) is 22.1 Å². The smallest absolute Gasteiger partial charge is 0.566 e. The van der Waals surface area contributed by atoms with E-state index in [2.05, 4.69) is 27.8 Å². The normalized spacial score (nSPS) is 20.2. The second-order valence-corrected chi connectivity index (χ2v) is 8.04. The number of rotatable bonds is 4. The van der Waals surface area contributed by atoms with Gasteiger partial charge in [-0.15, -0.1) is 0 Å². The second-order valence-electron chi connectivity index (χ2n) is 8.04. The molecule has 3 aliphatic rings. The molecular weight excluding hydrogens is 598 g/mol. The third-order valence-electron chi connectivity index (χ3n) is 4.85. The summed E-state index contributed by atoms with van der Waals surface area (Å²) in [4.78, 5) is 33.8. The van der Waals surface area contributed by atoms with Gasteiger partial charge in [-0.05, 0) is 20.3 Å². The van der Waals surface area contributed by atoms with Crippen molar-refractivity contribution in [3.63, 3.8) is 0 Å². The zero-order chi connectivity index (χ0) is 26.2. The molecule has 2 amide bonds. The standard InChI is InChI=1S/C8H12O2.C7H9NO2.C6H12O2.C2H5O.CH3.W/c1-3-4-7-5-6(2)8(9)10-7;1-4-5(2)7(10)8(3)6(4)9;1-6(3-7-2)4-8-5-6;1-2-3;;/h7H,2-5H2,1H3;1-3H3;3-5H2,1-2H3;2-3H,1H3;1H3;/q;;;2*-1;+2/i;;;;1D;. The minimum absolute atomic E-state index is 0. The quantitative estimate of drug-likeness (QED) is 0.217. The van der Waals surface area contributed by atoms with Crippen LogP contribution in [0, 0.1) is 19.4 Å². The Labute approximate surface area is 215 Å². The summed E-state index contributed by atoms with van der Waals surface area (Å²) in [6.45, 7) is 16.3. The van der Waals surface area contributed by atoms with Crippen LogP contribution >= 0.6 is 0 Å². The van der Waals surface area contributed by atoms with E-state index >= 15 is 0 Å². The molecule has 0 aromatic heterocycles. The fourth-order valence-electron chi connectivity index (χ4n) is 2.92. The third kappa shape index (κ3) is 12.1. The number of carbonyl (C=O) groups excluding carboxylic acids is 3. The van der Waals surface area contributed by atoms with Crippen molar-refractivity contribution in [3.8, 4) is 0 Å². The number of cyclic esters (lactones) is 1. The SMILES string of the molecule is C=C1CC(CCC)OC1=O.CC1=C(C)C(=O)N(C)C1=O.COCC1(C)COC1.C[CH-]O.[2H][CH2-].[W+2]. The zero-order valence-electron chi connectivity index (χ0n) is 22.1. The molecular formula is C24H41NO7W. The van der Waals surface area contributed by atoms with Crippen molar-refractivity contribution in [3.05, 3.63) is 37.3 Å². The summed E-state index contributed by atoms with van der Waals surface area (Å²) in [5.74, 6) is -0.566. The number of carbonyl (C=O) groups is 3. The molecule has 2 saturated heterocycles. The Bertz CT molecular complexity index is 638. The molecule has 0 aliphatic carbocycles. The second kappa shape index (κ2) is 18.0. The molecule has 3 rings (SSSR count). The molecule has 0 radical (unpaired) electrons. The number of esters is 1. The number of likely N-dealkylation sites (N-methyl/N-ethyl adjacent to an activating group) is 1. The summed E-state index contributed by atoms with van der Waals surface area (Å²) in [5.41, 5.74) is 2.08. The molecule has 0 aromatic carbocycles. The molecule has 8 nitrogen and oxygen atoms in total. The van der Waals surface area contributed by atoms with Gasteiger partial charge in [-0.1, -0.05) is 26.8 Å². The maximum Gasteiger partial charge on any atom is 2.00 e. The van der Waals surface area contributed by atoms with Gasteiger partial charge >= 0.3 is 27.0 Å². The van der Waals surface area contributed by atoms with Crippen molar-refractivity contribution in [2.24, 2.45) is 5.41 Å². The van der Waals surface area contributed by atoms with Gasteiger partial charge in [0, 0.05) is 42.7 Å². The van der Waals surface area contributed by atoms with Gasteiger partial charge in [0.2, 0.25) is 0 Å². The molecule has 1 atom stereocenters. The van der Waals surface area contributed by atoms with E-state index in [4.69, 9.17) is 20.7 Å². The van der Waals surface area contributed by atoms with Crippen molar-refractivity contribution < 1.29 is 56.1 Å². The van der Waals surface area contributed by atoms with Gasteiger partial charge in [-0.25, -0.2) is 12.8 Å². The molecule has 9 heteroatoms. The van der Waals surface area contributed by atoms with Crippen LogP contribution in [0.5, 0.6) is 0 Å². The Balaban J connectivity index is -0.000000383. The molecule has 1 N–H and O–H groups in total. The summed E-state index contributed by atoms with van der Waals surface area (Å²) in [6, 6.07) is 0. The summed E-state index contributed by atoms with van der Waals surface area (Å²) >= 11 is 0. The van der Waals surface area contributed by atoms with Gasteiger partial charge in [0.1, 0.15) is 6.10 Å². The minimum Gasteiger partial charge on any atom is -0.566 e. The molecule has 0 spiro atoms. The first-order valence-corrected chi connectivity index (χ1v) is 10.3. The van der Waals surface area contributed by atoms with Crippen molar-refractivity contribution in [1.29, 1.82) is 0 Å². The van der Waals surface area contributed by atoms with Crippen LogP contribution in [0.25, 0.3) is 0 Å². The average molecular weight is 640 g/mol. The minimum atomic E-state index is -0.210. The van der Waals surface area contributed by atoms with Crippen LogP contribution in [0.2, 0.25) is 0 Å². The Hall–Kier alpha value is -1.34. The van der Waals surface area contributed by atoms with E-state index in [0.717, 1.165) is 50.6 Å². The number of ether oxygens (including phenoxy) is 3. The van der Waals surface area contributed by atoms with Crippen molar-refractivity contribution in [1.82, 2.24) is 4.90 Å². The molecule has 33 heavy (non-hydrogen) atoms. The van der Waals surface area contributed by atoms with E-state index < -0.39 is 0 Å². The van der Waals surface area contributed by atoms with E-state index in [1.807, 2.05) is 0 Å². The van der Waals surface area contributed by atoms with E-state index in [1.54, 1.807) is 27.9 Å². The average Bonchev–Trinajstić information content (AvgIpc) is 3.17. The summed E-state index contributed by atoms with van der Waals surface area (Å²) in [5, 5.41) is 7.44. The van der Waals surface area contributed by atoms with Gasteiger partial charge < -0.3 is 26.7 Å². The third-order valence-corrected chi connectivity index (χ3v) is 4.85. The number of aliphatic hydroxyl groups is 1. The summed E-state index contributed by atoms with van der Waals surface area (Å²) in [6.07, 6.45) is 2.87. The number of aliphatic hydroxyl groups excluding tert-OH is 1. The van der Waals surface area contributed by atoms with Crippen LogP contribution in [-0.4, -0.2) is 67.9 Å². The van der Waals surface area contributed by atoms with Gasteiger partial charge in [0.05, 0.1) is 19.8 Å². The van der Waals surface area contributed by atoms with E-state index in [9.17, 15) is 14.4 Å². The zero-order valence-corrected chi connectivity index (χ0v) is 24.0. The molecule has 1 unspecified atom stereocenters. The Morgan fingerprint density at radius 1 is 1.27 bits per heavy atom. The number of amides is 2. The number of hydrogen-bond donors (Lipinski definition) is 1. The van der Waals surface area contributed by atoms with E-state index in [1.165, 1.54) is 7.05 Å². The maximum absolute atomic E-state index is 11.0. The Kier molecular flexibility index (Phi) is 18.5. The monoisotopic (exact) mass is 640 g/mol. The molecule has 0 saturated carbocycles. The number of imide groups is 1. The number of nitrogens with zero attached hydrogens (tertiary/aromatic N) is 1. The Morgan fingerprint density at radius 2 is 1.73 bits per heavy atom. The van der Waals surface area contributed by atoms with Crippen LogP contribution in [0.4, 0.5) is 0 Å². The van der Waals surface area contributed by atoms with Crippen LogP contribution < -0.4 is 0 Å². The van der Waals surface area contributed by atoms with Gasteiger partial charge in [-0.2, -0.15) is 6.92 Å².